The fourth-order valence-electron chi connectivity index (χ4n) is 5.26. The summed E-state index contributed by atoms with van der Waals surface area (Å²) in [6, 6.07) is 16.9. The average Bonchev–Trinajstić information content (AvgIpc) is 3.18. The first kappa shape index (κ1) is 23.9. The quantitative estimate of drug-likeness (QED) is 0.697. The predicted octanol–water partition coefficient (Wildman–Crippen LogP) is 3.52. The molecular weight excluding hydrogens is 417 g/mol. The highest BCUT2D eigenvalue weighted by Gasteiger charge is 2.45. The molecule has 178 valence electrons. The summed E-state index contributed by atoms with van der Waals surface area (Å²) in [6.07, 6.45) is 2.28. The van der Waals surface area contributed by atoms with Crippen molar-refractivity contribution in [2.75, 3.05) is 39.8 Å². The molecule has 0 aliphatic carbocycles. The Labute approximate surface area is 196 Å². The lowest BCUT2D eigenvalue weighted by Gasteiger charge is -2.40. The number of likely N-dealkylation sites (N-methyl/N-ethyl adjacent to an activating group) is 1. The number of hydrogen-bond acceptors (Lipinski definition) is 4. The van der Waals surface area contributed by atoms with E-state index < -0.39 is 5.60 Å². The Morgan fingerprint density at radius 2 is 1.67 bits per heavy atom. The smallest absolute Gasteiger partial charge is 0.228 e. The zero-order chi connectivity index (χ0) is 23.5. The van der Waals surface area contributed by atoms with Gasteiger partial charge in [-0.05, 0) is 62.7 Å². The Kier molecular flexibility index (Phi) is 7.17. The number of likely N-dealkylation sites (tertiary alicyclic amines) is 2. The molecule has 2 aromatic rings. The molecule has 0 unspecified atom stereocenters. The van der Waals surface area contributed by atoms with E-state index in [1.165, 1.54) is 17.7 Å². The van der Waals surface area contributed by atoms with Crippen molar-refractivity contribution in [2.45, 2.75) is 44.9 Å². The monoisotopic (exact) mass is 453 g/mol. The number of benzene rings is 2. The highest BCUT2D eigenvalue weighted by Crippen LogP contribution is 2.36. The molecule has 2 saturated heterocycles. The van der Waals surface area contributed by atoms with Crippen molar-refractivity contribution in [3.63, 3.8) is 0 Å². The van der Waals surface area contributed by atoms with E-state index in [2.05, 4.69) is 36.1 Å². The summed E-state index contributed by atoms with van der Waals surface area (Å²) < 4.78 is 13.1. The number of carbonyl (C=O) groups is 1. The maximum absolute atomic E-state index is 13.4. The van der Waals surface area contributed by atoms with Gasteiger partial charge in [-0.1, -0.05) is 49.4 Å². The summed E-state index contributed by atoms with van der Waals surface area (Å²) in [7, 11) is 1.95. The minimum atomic E-state index is -0.908. The number of hydrogen-bond donors (Lipinski definition) is 1. The zero-order valence-corrected chi connectivity index (χ0v) is 19.8. The number of carbonyl (C=O) groups excluding carboxylic acids is 1. The van der Waals surface area contributed by atoms with Crippen LogP contribution in [0.5, 0.6) is 0 Å². The van der Waals surface area contributed by atoms with E-state index in [4.69, 9.17) is 0 Å². The highest BCUT2D eigenvalue weighted by molar-refractivity contribution is 5.83. The molecule has 6 heteroatoms. The summed E-state index contributed by atoms with van der Waals surface area (Å²) in [5.41, 5.74) is 1.04. The van der Waals surface area contributed by atoms with Crippen LogP contribution in [0.3, 0.4) is 0 Å². The minimum Gasteiger partial charge on any atom is -0.387 e. The van der Waals surface area contributed by atoms with Crippen LogP contribution in [-0.2, 0) is 17.9 Å². The molecule has 0 bridgehead atoms. The topological polar surface area (TPSA) is 47.0 Å². The van der Waals surface area contributed by atoms with E-state index in [1.54, 1.807) is 12.1 Å². The fraction of sp³-hybridized carbons (Fsp3) is 0.519. The van der Waals surface area contributed by atoms with Gasteiger partial charge in [-0.2, -0.15) is 0 Å². The van der Waals surface area contributed by atoms with Gasteiger partial charge in [0.15, 0.2) is 0 Å². The second-order valence-corrected chi connectivity index (χ2v) is 10.3. The van der Waals surface area contributed by atoms with Gasteiger partial charge in [0.2, 0.25) is 5.91 Å². The molecule has 0 aromatic heterocycles. The number of rotatable bonds is 7. The van der Waals surface area contributed by atoms with E-state index in [9.17, 15) is 14.3 Å². The summed E-state index contributed by atoms with van der Waals surface area (Å²) in [5, 5.41) is 11.2. The van der Waals surface area contributed by atoms with Crippen LogP contribution in [-0.4, -0.2) is 71.1 Å². The number of nitrogens with zero attached hydrogens (tertiary/aromatic N) is 3. The summed E-state index contributed by atoms with van der Waals surface area (Å²) in [4.78, 5) is 19.8. The van der Waals surface area contributed by atoms with Gasteiger partial charge in [0.25, 0.3) is 0 Å². The van der Waals surface area contributed by atoms with Crippen LogP contribution in [0.15, 0.2) is 54.6 Å². The van der Waals surface area contributed by atoms with Crippen LogP contribution >= 0.6 is 0 Å². The van der Waals surface area contributed by atoms with Crippen LogP contribution in [0.4, 0.5) is 4.39 Å². The molecule has 5 nitrogen and oxygen atoms in total. The van der Waals surface area contributed by atoms with Crippen LogP contribution in [0.2, 0.25) is 0 Å². The molecule has 0 radical (unpaired) electrons. The minimum absolute atomic E-state index is 0.180. The molecule has 2 aliphatic heterocycles. The van der Waals surface area contributed by atoms with Gasteiger partial charge in [0, 0.05) is 31.6 Å². The summed E-state index contributed by atoms with van der Waals surface area (Å²) in [5.74, 6) is -0.0663. The third kappa shape index (κ3) is 5.99. The first-order valence-corrected chi connectivity index (χ1v) is 12.0. The maximum atomic E-state index is 13.4. The number of halogens is 1. The molecule has 2 heterocycles. The van der Waals surface area contributed by atoms with Gasteiger partial charge < -0.3 is 10.0 Å². The molecule has 1 N–H and O–H groups in total. The third-order valence-electron chi connectivity index (χ3n) is 7.27. The Morgan fingerprint density at radius 1 is 1.00 bits per heavy atom. The van der Waals surface area contributed by atoms with Crippen molar-refractivity contribution in [2.24, 2.45) is 5.41 Å². The molecule has 0 saturated carbocycles. The maximum Gasteiger partial charge on any atom is 0.228 e. The van der Waals surface area contributed by atoms with Crippen molar-refractivity contribution in [1.29, 1.82) is 0 Å². The van der Waals surface area contributed by atoms with Gasteiger partial charge in [0.1, 0.15) is 5.82 Å². The first-order chi connectivity index (χ1) is 15.7. The van der Waals surface area contributed by atoms with E-state index in [0.717, 1.165) is 38.0 Å². The first-order valence-electron chi connectivity index (χ1n) is 12.0. The lowest BCUT2D eigenvalue weighted by atomic mass is 9.79. The van der Waals surface area contributed by atoms with Crippen molar-refractivity contribution in [3.05, 3.63) is 71.5 Å². The van der Waals surface area contributed by atoms with Crippen LogP contribution < -0.4 is 0 Å². The molecule has 2 aliphatic rings. The number of aliphatic hydroxyl groups is 1. The Hall–Kier alpha value is -2.28. The Balaban J connectivity index is 1.28. The van der Waals surface area contributed by atoms with Crippen LogP contribution in [0.25, 0.3) is 0 Å². The second-order valence-electron chi connectivity index (χ2n) is 10.3. The molecule has 4 rings (SSSR count). The summed E-state index contributed by atoms with van der Waals surface area (Å²) in [6.45, 7) is 6.93. The van der Waals surface area contributed by atoms with Gasteiger partial charge in [-0.3, -0.25) is 14.6 Å². The molecule has 2 aromatic carbocycles. The molecule has 1 atom stereocenters. The Morgan fingerprint density at radius 3 is 2.33 bits per heavy atom. The number of amides is 1. The van der Waals surface area contributed by atoms with Crippen molar-refractivity contribution in [3.8, 4) is 0 Å². The molecule has 33 heavy (non-hydrogen) atoms. The number of piperidine rings is 1. The van der Waals surface area contributed by atoms with E-state index in [-0.39, 0.29) is 17.1 Å². The lowest BCUT2D eigenvalue weighted by molar-refractivity contribution is -0.144. The van der Waals surface area contributed by atoms with E-state index in [0.29, 0.717) is 32.6 Å². The average molecular weight is 454 g/mol. The Bertz CT molecular complexity index is 928. The number of β-amino-alcohol motifs (C(OH)–C–C–N with tert-alkyl or cyclic N) is 1. The predicted molar refractivity (Wildman–Crippen MR) is 128 cm³/mol. The largest absolute Gasteiger partial charge is 0.387 e. The standard InChI is InChI=1S/C27H36FN3O2/c1-26(12-15-30(16-13-26)19-22-6-4-3-5-7-22)25(32)31-17-14-27(33,21-31)20-29(2)18-23-8-10-24(28)11-9-23/h3-11,33H,12-21H2,1-2H3/t27-/m0/s1. The van der Waals surface area contributed by atoms with Crippen LogP contribution in [0.1, 0.15) is 37.3 Å². The SMILES string of the molecule is CN(Cc1ccc(F)cc1)C[C@@]1(O)CCN(C(=O)C2(C)CCN(Cc3ccccc3)CC2)C1. The molecule has 1 amide bonds. The molecule has 0 spiro atoms. The molecular formula is C27H36FN3O2. The third-order valence-corrected chi connectivity index (χ3v) is 7.27. The van der Waals surface area contributed by atoms with Gasteiger partial charge in [-0.25, -0.2) is 4.39 Å². The van der Waals surface area contributed by atoms with Gasteiger partial charge in [0.05, 0.1) is 12.1 Å². The van der Waals surface area contributed by atoms with Crippen LogP contribution in [0, 0.1) is 11.2 Å². The van der Waals surface area contributed by atoms with Crippen molar-refractivity contribution in [1.82, 2.24) is 14.7 Å². The van der Waals surface area contributed by atoms with Crippen molar-refractivity contribution >= 4 is 5.91 Å². The zero-order valence-electron chi connectivity index (χ0n) is 19.8. The summed E-state index contributed by atoms with van der Waals surface area (Å²) >= 11 is 0. The van der Waals surface area contributed by atoms with Crippen molar-refractivity contribution < 1.29 is 14.3 Å². The second kappa shape index (κ2) is 9.92. The fourth-order valence-corrected chi connectivity index (χ4v) is 5.26. The lowest BCUT2D eigenvalue weighted by Crippen LogP contribution is -2.50. The van der Waals surface area contributed by atoms with E-state index >= 15 is 0 Å². The van der Waals surface area contributed by atoms with E-state index in [1.807, 2.05) is 22.9 Å². The molecule has 2 fully saturated rings. The highest BCUT2D eigenvalue weighted by atomic mass is 19.1. The van der Waals surface area contributed by atoms with Gasteiger partial charge in [-0.15, -0.1) is 0 Å². The van der Waals surface area contributed by atoms with Gasteiger partial charge >= 0.3 is 0 Å². The normalized spacial score (nSPS) is 23.2.